The molecule has 5 nitrogen and oxygen atoms in total. The first-order chi connectivity index (χ1) is 43.9. The van der Waals surface area contributed by atoms with Crippen LogP contribution in [-0.4, -0.2) is 43.4 Å². The Hall–Kier alpha value is -7.89. The van der Waals surface area contributed by atoms with Crippen LogP contribution in [0.1, 0.15) is 169 Å². The first-order valence-electron chi connectivity index (χ1n) is 33.1. The maximum atomic E-state index is 8.07. The van der Waals surface area contributed by atoms with E-state index in [9.17, 15) is 0 Å². The third kappa shape index (κ3) is 17.4. The second kappa shape index (κ2) is 30.5. The van der Waals surface area contributed by atoms with Crippen LogP contribution in [0.4, 0.5) is 11.4 Å². The largest absolute Gasteiger partial charge is 0.424 e. The Kier molecular flexibility index (Phi) is 22.1. The third-order valence-corrected chi connectivity index (χ3v) is 23.2. The summed E-state index contributed by atoms with van der Waals surface area (Å²) in [7, 11) is -5.98. The summed E-state index contributed by atoms with van der Waals surface area (Å²) >= 11 is 0. The molecule has 0 amide bonds. The lowest BCUT2D eigenvalue weighted by Gasteiger charge is -2.40. The highest BCUT2D eigenvalue weighted by atomic mass is 28.4. The fraction of sp³-hybridized carbons (Fsp3) is 0.286. The summed E-state index contributed by atoms with van der Waals surface area (Å²) in [6.07, 6.45) is 5.11. The summed E-state index contributed by atoms with van der Waals surface area (Å²) in [5, 5.41) is 0. The van der Waals surface area contributed by atoms with Crippen molar-refractivity contribution in [2.75, 3.05) is 36.4 Å². The molecule has 10 aromatic carbocycles. The summed E-state index contributed by atoms with van der Waals surface area (Å²) < 4.78 is 18.0. The molecule has 0 spiro atoms. The Morgan fingerprint density at radius 3 is 0.615 bits per heavy atom. The summed E-state index contributed by atoms with van der Waals surface area (Å²) in [6, 6.07) is 98.7. The molecule has 12 rings (SSSR count). The Morgan fingerprint density at radius 2 is 0.473 bits per heavy atom. The van der Waals surface area contributed by atoms with Crippen molar-refractivity contribution >= 4 is 28.3 Å². The maximum absolute atomic E-state index is 8.07. The van der Waals surface area contributed by atoms with E-state index in [4.69, 9.17) is 13.6 Å². The molecule has 0 unspecified atom stereocenters. The number of hydrogen-bond acceptors (Lipinski definition) is 5. The van der Waals surface area contributed by atoms with Crippen molar-refractivity contribution in [2.24, 2.45) is 0 Å². The van der Waals surface area contributed by atoms with Crippen molar-refractivity contribution in [3.05, 3.63) is 345 Å². The van der Waals surface area contributed by atoms with Crippen LogP contribution in [0.5, 0.6) is 0 Å². The lowest BCUT2D eigenvalue weighted by Crippen LogP contribution is -2.54. The molecular formula is C84H96N2O3Si2. The predicted octanol–water partition coefficient (Wildman–Crippen LogP) is 21.5. The first kappa shape index (κ1) is 66.0. The van der Waals surface area contributed by atoms with Gasteiger partial charge in [-0.2, -0.15) is 0 Å². The van der Waals surface area contributed by atoms with E-state index in [1.54, 1.807) is 0 Å². The van der Waals surface area contributed by atoms with Crippen LogP contribution in [-0.2, 0) is 24.4 Å². The second-order valence-electron chi connectivity index (χ2n) is 27.6. The van der Waals surface area contributed by atoms with Crippen LogP contribution in [0.2, 0.25) is 26.2 Å². The monoisotopic (exact) mass is 1240 g/mol. The van der Waals surface area contributed by atoms with Gasteiger partial charge in [0.15, 0.2) is 0 Å². The third-order valence-electron chi connectivity index (χ3n) is 17.5. The number of nitrogens with one attached hydrogen (secondary N) is 2. The number of hydrogen-bond donors (Lipinski definition) is 2. The van der Waals surface area contributed by atoms with E-state index in [0.29, 0.717) is 0 Å². The molecule has 0 aliphatic carbocycles. The number of anilines is 2. The van der Waals surface area contributed by atoms with E-state index in [2.05, 4.69) is 345 Å². The molecule has 0 bridgehead atoms. The summed E-state index contributed by atoms with van der Waals surface area (Å²) in [6.45, 7) is 27.6. The van der Waals surface area contributed by atoms with Gasteiger partial charge in [0.25, 0.3) is 17.0 Å². The quantitative estimate of drug-likeness (QED) is 0.0662. The van der Waals surface area contributed by atoms with Crippen LogP contribution in [0.15, 0.2) is 267 Å². The van der Waals surface area contributed by atoms with Gasteiger partial charge in [0.1, 0.15) is 0 Å². The molecule has 10 aromatic rings. The van der Waals surface area contributed by atoms with Gasteiger partial charge < -0.3 is 23.6 Å². The molecule has 0 saturated carbocycles. The van der Waals surface area contributed by atoms with Crippen molar-refractivity contribution < 1.29 is 13.6 Å². The summed E-state index contributed by atoms with van der Waals surface area (Å²) in [5.74, 6) is -0.320. The highest BCUT2D eigenvalue weighted by molar-refractivity contribution is 6.87. The molecule has 2 saturated heterocycles. The van der Waals surface area contributed by atoms with Crippen LogP contribution in [0, 0.1) is 0 Å². The van der Waals surface area contributed by atoms with Crippen LogP contribution < -0.4 is 9.96 Å². The summed E-state index contributed by atoms with van der Waals surface area (Å²) in [4.78, 5) is 8.87. The van der Waals surface area contributed by atoms with E-state index in [0.717, 1.165) is 37.8 Å². The average Bonchev–Trinajstić information content (AvgIpc) is 0.889. The molecule has 2 N–H and O–H groups in total. The van der Waals surface area contributed by atoms with E-state index >= 15 is 0 Å². The Labute approximate surface area is 547 Å². The molecular weight excluding hydrogens is 1140 g/mol. The Morgan fingerprint density at radius 1 is 0.297 bits per heavy atom. The van der Waals surface area contributed by atoms with Gasteiger partial charge in [-0.05, 0) is 141 Å². The Bertz CT molecular complexity index is 3180. The normalized spacial score (nSPS) is 13.6. The van der Waals surface area contributed by atoms with Crippen molar-refractivity contribution in [1.82, 2.24) is 0 Å². The smallest absolute Gasteiger partial charge is 0.282 e. The molecule has 91 heavy (non-hydrogen) atoms. The fourth-order valence-corrected chi connectivity index (χ4v) is 20.4. The number of benzene rings is 10. The lowest BCUT2D eigenvalue weighted by molar-refractivity contribution is 0.198. The van der Waals surface area contributed by atoms with Crippen molar-refractivity contribution in [2.45, 2.75) is 128 Å². The molecule has 2 aliphatic rings. The molecule has 2 heterocycles. The molecule has 7 heteroatoms. The van der Waals surface area contributed by atoms with Gasteiger partial charge in [0, 0.05) is 61.5 Å². The highest BCUT2D eigenvalue weighted by Gasteiger charge is 2.40. The Balaban J connectivity index is 0.000000829. The zero-order valence-electron chi connectivity index (χ0n) is 55.6. The predicted molar refractivity (Wildman–Crippen MR) is 389 cm³/mol. The van der Waals surface area contributed by atoms with Gasteiger partial charge >= 0.3 is 0 Å². The van der Waals surface area contributed by atoms with Gasteiger partial charge in [-0.3, -0.25) is 0 Å². The zero-order valence-corrected chi connectivity index (χ0v) is 57.6. The van der Waals surface area contributed by atoms with E-state index in [-0.39, 0.29) is 34.5 Å². The average molecular weight is 1240 g/mol. The maximum Gasteiger partial charge on any atom is 0.282 e. The van der Waals surface area contributed by atoms with Crippen molar-refractivity contribution in [1.29, 1.82) is 0 Å². The molecule has 0 radical (unpaired) electrons. The van der Waals surface area contributed by atoms with Crippen molar-refractivity contribution in [3.8, 4) is 0 Å². The van der Waals surface area contributed by atoms with Crippen LogP contribution in [0.25, 0.3) is 0 Å². The number of rotatable bonds is 18. The highest BCUT2D eigenvalue weighted by Crippen LogP contribution is 2.49. The van der Waals surface area contributed by atoms with E-state index in [1.807, 2.05) is 0 Å². The molecule has 0 aromatic heterocycles. The minimum absolute atomic E-state index is 0.0800. The van der Waals surface area contributed by atoms with Gasteiger partial charge in [-0.1, -0.05) is 308 Å². The van der Waals surface area contributed by atoms with Crippen LogP contribution in [0.3, 0.4) is 0 Å². The summed E-state index contributed by atoms with van der Waals surface area (Å²) in [5.41, 5.74) is 19.5. The van der Waals surface area contributed by atoms with Gasteiger partial charge in [-0.25, -0.2) is 0 Å². The fourth-order valence-electron chi connectivity index (χ4n) is 13.1. The molecule has 0 atom stereocenters. The molecule has 468 valence electrons. The van der Waals surface area contributed by atoms with E-state index < -0.39 is 17.0 Å². The van der Waals surface area contributed by atoms with Crippen molar-refractivity contribution in [3.63, 3.8) is 0 Å². The van der Waals surface area contributed by atoms with Crippen LogP contribution >= 0.6 is 0 Å². The zero-order chi connectivity index (χ0) is 63.9. The van der Waals surface area contributed by atoms with Gasteiger partial charge in [0.2, 0.25) is 0 Å². The minimum atomic E-state index is -2.99. The van der Waals surface area contributed by atoms with Gasteiger partial charge in [-0.15, -0.1) is 0 Å². The minimum Gasteiger partial charge on any atom is -0.424 e. The van der Waals surface area contributed by atoms with Gasteiger partial charge in [0.05, 0.1) is 0 Å². The topological polar surface area (TPSA) is 51.8 Å². The molecule has 2 fully saturated rings. The number of ether oxygens (including phenoxy) is 2. The van der Waals surface area contributed by atoms with E-state index in [1.165, 1.54) is 104 Å². The lowest BCUT2D eigenvalue weighted by atomic mass is 9.75. The standard InChI is InChI=1S/C76H80N2OSi2.2C4H8O/c1-75(2,3)63-51-65(69(55-35-19-11-20-36-55)56-37-21-12-22-38-56)73(66(52-63)70(57-39-23-13-24-40-57)58-41-25-14-26-42-58)77-80(7,8)79-81(9,10)78-74-67(71(59-43-27-15-28-44-59)60-45-29-16-30-46-60)53-64(76(4,5)6)54-68(74)72(61-47-31-17-32-48-61)62-49-33-18-34-50-62;2*1-2-4-5-3-1/h11-54,69-72,77-78H,1-10H3;2*1-4H2. The second-order valence-corrected chi connectivity index (χ2v) is 34.9. The molecule has 2 aliphatic heterocycles. The first-order valence-corrected chi connectivity index (χ1v) is 38.9. The SMILES string of the molecule is C1CCOC1.C1CCOC1.CC(C)(C)c1cc(C(c2ccccc2)c2ccccc2)c(N[Si](C)(C)O[Si](C)(C)Nc2c(C(c3ccccc3)c3ccccc3)cc(C(C)(C)C)cc2C(c2ccccc2)c2ccccc2)c(C(c2ccccc2)c2ccccc2)c1.